The van der Waals surface area contributed by atoms with Crippen molar-refractivity contribution in [2.24, 2.45) is 5.41 Å². The van der Waals surface area contributed by atoms with Crippen LogP contribution in [0.25, 0.3) is 0 Å². The van der Waals surface area contributed by atoms with Gasteiger partial charge < -0.3 is 9.84 Å². The summed E-state index contributed by atoms with van der Waals surface area (Å²) >= 11 is 5.33. The molecule has 1 N–H and O–H groups in total. The molecule has 1 atom stereocenters. The third-order valence-corrected chi connectivity index (χ3v) is 6.82. The molecule has 0 aromatic heterocycles. The van der Waals surface area contributed by atoms with Gasteiger partial charge in [-0.3, -0.25) is 9.80 Å². The second-order valence-electron chi connectivity index (χ2n) is 7.54. The monoisotopic (exact) mass is 398 g/mol. The first kappa shape index (κ1) is 19.7. The zero-order valence-electron chi connectivity index (χ0n) is 16.0. The Morgan fingerprint density at radius 1 is 1.00 bits per heavy atom. The highest BCUT2D eigenvalue weighted by atomic mass is 32.1. The largest absolute Gasteiger partial charge is 0.314 e. The Bertz CT molecular complexity index is 771. The van der Waals surface area contributed by atoms with Crippen molar-refractivity contribution >= 4 is 42.7 Å². The van der Waals surface area contributed by atoms with E-state index < -0.39 is 15.1 Å². The van der Waals surface area contributed by atoms with Crippen LogP contribution < -0.4 is 15.7 Å². The van der Waals surface area contributed by atoms with Crippen molar-refractivity contribution in [3.63, 3.8) is 0 Å². The summed E-state index contributed by atoms with van der Waals surface area (Å²) in [5.41, 5.74) is -0.339. The van der Waals surface area contributed by atoms with Crippen LogP contribution in [0.15, 0.2) is 60.7 Å². The molecule has 1 saturated heterocycles. The molecule has 1 aliphatic rings. The number of benzene rings is 2. The molecular weight excluding hydrogens is 374 g/mol. The molecule has 27 heavy (non-hydrogen) atoms. The standard InChI is InChI=1S/C20H24N3O2SSi/c1-20(2,3)17-18(24)21-19(26)22(4)23(17)25-27(15-11-7-5-8-12-15)16-13-9-6-10-14-16/h5-14,17H,1-4H3,(H,21,24,26). The van der Waals surface area contributed by atoms with Crippen LogP contribution in [-0.4, -0.2) is 43.3 Å². The molecule has 1 unspecified atom stereocenters. The molecule has 0 saturated carbocycles. The first-order valence-corrected chi connectivity index (χ1v) is 10.6. The summed E-state index contributed by atoms with van der Waals surface area (Å²) in [7, 11) is 0.190. The smallest absolute Gasteiger partial charge is 0.313 e. The molecule has 1 amide bonds. The number of rotatable bonds is 4. The fourth-order valence-electron chi connectivity index (χ4n) is 3.00. The van der Waals surface area contributed by atoms with E-state index in [1.54, 1.807) is 10.2 Å². The van der Waals surface area contributed by atoms with Crippen LogP contribution in [-0.2, 0) is 9.32 Å². The molecule has 2 aromatic rings. The molecule has 1 fully saturated rings. The quantitative estimate of drug-likeness (QED) is 0.627. The van der Waals surface area contributed by atoms with Crippen LogP contribution >= 0.6 is 12.2 Å². The van der Waals surface area contributed by atoms with Crippen molar-refractivity contribution in [3.05, 3.63) is 60.7 Å². The Balaban J connectivity index is 2.02. The minimum Gasteiger partial charge on any atom is -0.313 e. The van der Waals surface area contributed by atoms with Gasteiger partial charge in [-0.15, -0.1) is 0 Å². The van der Waals surface area contributed by atoms with E-state index in [2.05, 4.69) is 29.6 Å². The fraction of sp³-hybridized carbons (Fsp3) is 0.300. The summed E-state index contributed by atoms with van der Waals surface area (Å²) in [5, 5.41) is 8.69. The van der Waals surface area contributed by atoms with Crippen LogP contribution in [0.1, 0.15) is 20.8 Å². The van der Waals surface area contributed by atoms with E-state index in [0.717, 1.165) is 10.4 Å². The van der Waals surface area contributed by atoms with Crippen molar-refractivity contribution in [1.29, 1.82) is 0 Å². The van der Waals surface area contributed by atoms with Gasteiger partial charge in [0.2, 0.25) is 5.91 Å². The van der Waals surface area contributed by atoms with Gasteiger partial charge in [0, 0.05) is 7.05 Å². The lowest BCUT2D eigenvalue weighted by Gasteiger charge is -2.47. The van der Waals surface area contributed by atoms with Crippen LogP contribution in [0.4, 0.5) is 0 Å². The number of amides is 1. The van der Waals surface area contributed by atoms with Crippen LogP contribution in [0, 0.1) is 5.41 Å². The average Bonchev–Trinajstić information content (AvgIpc) is 2.63. The van der Waals surface area contributed by atoms with E-state index in [9.17, 15) is 4.79 Å². The van der Waals surface area contributed by atoms with Gasteiger partial charge in [-0.2, -0.15) is 0 Å². The normalized spacial score (nSPS) is 18.7. The Labute approximate surface area is 167 Å². The molecule has 1 heterocycles. The summed E-state index contributed by atoms with van der Waals surface area (Å²) in [5.74, 6) is -0.145. The highest BCUT2D eigenvalue weighted by Crippen LogP contribution is 2.28. The molecule has 5 nitrogen and oxygen atoms in total. The predicted molar refractivity (Wildman–Crippen MR) is 113 cm³/mol. The van der Waals surface area contributed by atoms with Gasteiger partial charge >= 0.3 is 9.04 Å². The minimum absolute atomic E-state index is 0.145. The molecule has 141 valence electrons. The molecular formula is C20H24N3O2SSi. The molecule has 7 heteroatoms. The highest BCUT2D eigenvalue weighted by molar-refractivity contribution is 7.80. The van der Waals surface area contributed by atoms with E-state index in [1.807, 2.05) is 64.2 Å². The lowest BCUT2D eigenvalue weighted by atomic mass is 9.86. The van der Waals surface area contributed by atoms with Gasteiger partial charge in [-0.05, 0) is 28.0 Å². The number of nitrogens with one attached hydrogen (secondary N) is 1. The number of hydrogen-bond acceptors (Lipinski definition) is 4. The number of carbonyl (C=O) groups is 1. The molecule has 2 aromatic carbocycles. The Morgan fingerprint density at radius 3 is 1.93 bits per heavy atom. The summed E-state index contributed by atoms with van der Waals surface area (Å²) in [6, 6.07) is 19.8. The molecule has 0 aliphatic carbocycles. The van der Waals surface area contributed by atoms with Crippen LogP contribution in [0.2, 0.25) is 0 Å². The van der Waals surface area contributed by atoms with E-state index in [1.165, 1.54) is 0 Å². The molecule has 0 spiro atoms. The average molecular weight is 399 g/mol. The maximum Gasteiger partial charge on any atom is 0.314 e. The van der Waals surface area contributed by atoms with E-state index >= 15 is 0 Å². The first-order valence-electron chi connectivity index (χ1n) is 8.82. The van der Waals surface area contributed by atoms with Gasteiger partial charge in [0.05, 0.1) is 0 Å². The second-order valence-corrected chi connectivity index (χ2v) is 9.92. The number of carbonyl (C=O) groups excluding carboxylic acids is 1. The molecule has 3 rings (SSSR count). The van der Waals surface area contributed by atoms with Crippen molar-refractivity contribution in [3.8, 4) is 0 Å². The van der Waals surface area contributed by atoms with Gasteiger partial charge in [-0.1, -0.05) is 86.6 Å². The number of hydroxylamine groups is 1. The van der Waals surface area contributed by atoms with Crippen LogP contribution in [0.3, 0.4) is 0 Å². The number of thiocarbonyl (C=S) groups is 1. The lowest BCUT2D eigenvalue weighted by Crippen LogP contribution is -2.69. The number of hydrogen-bond donors (Lipinski definition) is 1. The van der Waals surface area contributed by atoms with Crippen molar-refractivity contribution in [1.82, 2.24) is 15.5 Å². The fourth-order valence-corrected chi connectivity index (χ4v) is 5.13. The van der Waals surface area contributed by atoms with Gasteiger partial charge in [0.1, 0.15) is 6.04 Å². The maximum absolute atomic E-state index is 12.7. The number of nitrogens with zero attached hydrogens (tertiary/aromatic N) is 2. The summed E-state index contributed by atoms with van der Waals surface area (Å²) in [4.78, 5) is 12.7. The van der Waals surface area contributed by atoms with Crippen molar-refractivity contribution in [2.75, 3.05) is 7.05 Å². The predicted octanol–water partition coefficient (Wildman–Crippen LogP) is 1.70. The SMILES string of the molecule is CN1C(=S)NC(=O)C(C(C)(C)C)N1O[Si](c1ccccc1)c1ccccc1. The minimum atomic E-state index is -1.62. The Morgan fingerprint density at radius 2 is 1.48 bits per heavy atom. The summed E-state index contributed by atoms with van der Waals surface area (Å²) in [6.45, 7) is 6.06. The van der Waals surface area contributed by atoms with E-state index in [0.29, 0.717) is 5.11 Å². The van der Waals surface area contributed by atoms with Gasteiger partial charge in [0.25, 0.3) is 0 Å². The maximum atomic E-state index is 12.7. The topological polar surface area (TPSA) is 44.8 Å². The molecule has 1 aliphatic heterocycles. The third-order valence-electron chi connectivity index (χ3n) is 4.37. The van der Waals surface area contributed by atoms with Crippen LogP contribution in [0.5, 0.6) is 0 Å². The first-order chi connectivity index (χ1) is 12.8. The van der Waals surface area contributed by atoms with Gasteiger partial charge in [0.15, 0.2) is 5.11 Å². The lowest BCUT2D eigenvalue weighted by molar-refractivity contribution is -0.232. The molecule has 1 radical (unpaired) electrons. The Kier molecular flexibility index (Phi) is 5.76. The second kappa shape index (κ2) is 7.90. The van der Waals surface area contributed by atoms with Gasteiger partial charge in [-0.25, -0.2) is 0 Å². The van der Waals surface area contributed by atoms with E-state index in [4.69, 9.17) is 16.7 Å². The zero-order chi connectivity index (χ0) is 19.6. The van der Waals surface area contributed by atoms with E-state index in [-0.39, 0.29) is 11.3 Å². The summed E-state index contributed by atoms with van der Waals surface area (Å²) in [6.07, 6.45) is 0. The van der Waals surface area contributed by atoms with Crippen molar-refractivity contribution < 1.29 is 9.32 Å². The van der Waals surface area contributed by atoms with Crippen molar-refractivity contribution in [2.45, 2.75) is 26.8 Å². The third kappa shape index (κ3) is 4.27. The number of hydrazine groups is 1. The summed E-state index contributed by atoms with van der Waals surface area (Å²) < 4.78 is 6.57. The molecule has 0 bridgehead atoms. The highest BCUT2D eigenvalue weighted by Gasteiger charge is 2.45. The zero-order valence-corrected chi connectivity index (χ0v) is 17.8. The Hall–Kier alpha value is -2.06.